The number of piperidine rings is 1. The molecule has 5 nitrogen and oxygen atoms in total. The van der Waals surface area contributed by atoms with Crippen LogP contribution in [0.15, 0.2) is 36.7 Å². The maximum Gasteiger partial charge on any atom is 0.222 e. The second kappa shape index (κ2) is 8.02. The van der Waals surface area contributed by atoms with Crippen LogP contribution in [-0.2, 0) is 24.2 Å². The van der Waals surface area contributed by atoms with Crippen molar-refractivity contribution < 1.29 is 4.79 Å². The lowest BCUT2D eigenvalue weighted by molar-refractivity contribution is -0.132. The van der Waals surface area contributed by atoms with Crippen molar-refractivity contribution in [3.8, 4) is 0 Å². The Kier molecular flexibility index (Phi) is 5.32. The Morgan fingerprint density at radius 2 is 1.81 bits per heavy atom. The Morgan fingerprint density at radius 3 is 2.54 bits per heavy atom. The summed E-state index contributed by atoms with van der Waals surface area (Å²) < 4.78 is 2.25. The number of hydrogen-bond acceptors (Lipinski definition) is 3. The summed E-state index contributed by atoms with van der Waals surface area (Å²) in [6, 6.07) is 10.3. The van der Waals surface area contributed by atoms with Gasteiger partial charge in [0.25, 0.3) is 0 Å². The van der Waals surface area contributed by atoms with Crippen molar-refractivity contribution in [3.05, 3.63) is 48.0 Å². The number of nitrogens with zero attached hydrogens (tertiary/aromatic N) is 4. The van der Waals surface area contributed by atoms with Crippen LogP contribution in [-0.4, -0.2) is 38.7 Å². The highest BCUT2D eigenvalue weighted by atomic mass is 16.2. The summed E-state index contributed by atoms with van der Waals surface area (Å²) in [7, 11) is 0. The number of carbonyl (C=O) groups excluding carboxylic acids is 1. The van der Waals surface area contributed by atoms with Gasteiger partial charge in [-0.1, -0.05) is 30.3 Å². The average molecular weight is 352 g/mol. The van der Waals surface area contributed by atoms with Crippen LogP contribution in [0.1, 0.15) is 43.5 Å². The molecule has 138 valence electrons. The Balaban J connectivity index is 1.22. The minimum absolute atomic E-state index is 0.296. The van der Waals surface area contributed by atoms with E-state index in [0.717, 1.165) is 57.1 Å². The van der Waals surface area contributed by atoms with Crippen molar-refractivity contribution >= 4 is 5.91 Å². The van der Waals surface area contributed by atoms with Crippen molar-refractivity contribution in [1.82, 2.24) is 19.7 Å². The summed E-state index contributed by atoms with van der Waals surface area (Å²) in [4.78, 5) is 14.5. The van der Waals surface area contributed by atoms with Gasteiger partial charge >= 0.3 is 0 Å². The molecule has 2 fully saturated rings. The lowest BCUT2D eigenvalue weighted by Gasteiger charge is -2.32. The summed E-state index contributed by atoms with van der Waals surface area (Å²) in [5.74, 6) is 2.89. The first-order chi connectivity index (χ1) is 12.8. The fraction of sp³-hybridized carbons (Fsp3) is 0.571. The van der Waals surface area contributed by atoms with Crippen molar-refractivity contribution in [3.63, 3.8) is 0 Å². The third kappa shape index (κ3) is 4.51. The zero-order valence-electron chi connectivity index (χ0n) is 15.4. The minimum Gasteiger partial charge on any atom is -0.343 e. The Morgan fingerprint density at radius 1 is 1.04 bits per heavy atom. The summed E-state index contributed by atoms with van der Waals surface area (Å²) in [5.41, 5.74) is 1.24. The molecule has 0 spiro atoms. The van der Waals surface area contributed by atoms with Crippen molar-refractivity contribution in [1.29, 1.82) is 0 Å². The highest BCUT2D eigenvalue weighted by Crippen LogP contribution is 2.31. The molecule has 1 aromatic carbocycles. The highest BCUT2D eigenvalue weighted by molar-refractivity contribution is 5.76. The number of carbonyl (C=O) groups is 1. The van der Waals surface area contributed by atoms with Crippen LogP contribution in [0.4, 0.5) is 0 Å². The molecular formula is C21H28N4O. The van der Waals surface area contributed by atoms with E-state index < -0.39 is 0 Å². The van der Waals surface area contributed by atoms with Gasteiger partial charge in [0.05, 0.1) is 0 Å². The molecule has 0 atom stereocenters. The van der Waals surface area contributed by atoms with Crippen LogP contribution in [0.3, 0.4) is 0 Å². The predicted molar refractivity (Wildman–Crippen MR) is 101 cm³/mol. The molecule has 2 aliphatic rings. The van der Waals surface area contributed by atoms with Gasteiger partial charge in [0.15, 0.2) is 0 Å². The average Bonchev–Trinajstić information content (AvgIpc) is 3.40. The van der Waals surface area contributed by atoms with E-state index in [0.29, 0.717) is 18.2 Å². The Hall–Kier alpha value is -2.17. The molecule has 2 aromatic rings. The zero-order chi connectivity index (χ0) is 17.8. The first-order valence-electron chi connectivity index (χ1n) is 9.96. The number of aromatic nitrogens is 3. The maximum atomic E-state index is 12.5. The molecule has 0 radical (unpaired) electrons. The van der Waals surface area contributed by atoms with E-state index >= 15 is 0 Å². The Bertz CT molecular complexity index is 715. The highest BCUT2D eigenvalue weighted by Gasteiger charge is 2.26. The van der Waals surface area contributed by atoms with Crippen LogP contribution < -0.4 is 0 Å². The molecule has 4 rings (SSSR count). The van der Waals surface area contributed by atoms with Crippen LogP contribution >= 0.6 is 0 Å². The summed E-state index contributed by atoms with van der Waals surface area (Å²) in [5, 5.41) is 8.45. The third-order valence-corrected chi connectivity index (χ3v) is 5.76. The largest absolute Gasteiger partial charge is 0.343 e. The van der Waals surface area contributed by atoms with E-state index in [-0.39, 0.29) is 0 Å². The van der Waals surface area contributed by atoms with Crippen LogP contribution in [0.5, 0.6) is 0 Å². The molecule has 0 N–H and O–H groups in total. The fourth-order valence-corrected chi connectivity index (χ4v) is 3.87. The normalized spacial score (nSPS) is 18.2. The molecule has 0 bridgehead atoms. The van der Waals surface area contributed by atoms with Gasteiger partial charge in [-0.3, -0.25) is 4.79 Å². The van der Waals surface area contributed by atoms with Crippen molar-refractivity contribution in [2.24, 2.45) is 11.8 Å². The minimum atomic E-state index is 0.296. The third-order valence-electron chi connectivity index (χ3n) is 5.76. The number of aryl methyl sites for hydroxylation is 1. The van der Waals surface area contributed by atoms with Crippen LogP contribution in [0.2, 0.25) is 0 Å². The molecule has 1 aliphatic heterocycles. The smallest absolute Gasteiger partial charge is 0.222 e. The van der Waals surface area contributed by atoms with Gasteiger partial charge in [0.1, 0.15) is 12.2 Å². The quantitative estimate of drug-likeness (QED) is 0.769. The SMILES string of the molecule is O=C(CCc1ccccc1)N1CCC(Cc2nncn2CC2CC2)CC1. The standard InChI is InChI=1S/C21H28N4O/c26-21(9-8-17-4-2-1-3-5-17)24-12-10-18(11-13-24)14-20-23-22-16-25(20)15-19-6-7-19/h1-5,16,18-19H,6-15H2. The van der Waals surface area contributed by atoms with Gasteiger partial charge < -0.3 is 9.47 Å². The number of benzene rings is 1. The van der Waals surface area contributed by atoms with E-state index in [1.54, 1.807) is 0 Å². The molecule has 2 heterocycles. The molecular weight excluding hydrogens is 324 g/mol. The van der Waals surface area contributed by atoms with E-state index in [1.165, 1.54) is 18.4 Å². The van der Waals surface area contributed by atoms with Crippen LogP contribution in [0, 0.1) is 11.8 Å². The molecule has 1 amide bonds. The molecule has 26 heavy (non-hydrogen) atoms. The molecule has 1 saturated heterocycles. The first kappa shape index (κ1) is 17.3. The van der Waals surface area contributed by atoms with Gasteiger partial charge in [0.2, 0.25) is 5.91 Å². The van der Waals surface area contributed by atoms with E-state index in [2.05, 4.69) is 26.9 Å². The summed E-state index contributed by atoms with van der Waals surface area (Å²) in [6.07, 6.45) is 9.19. The summed E-state index contributed by atoms with van der Waals surface area (Å²) >= 11 is 0. The number of amides is 1. The van der Waals surface area contributed by atoms with E-state index in [9.17, 15) is 4.79 Å². The first-order valence-corrected chi connectivity index (χ1v) is 9.96. The fourth-order valence-electron chi connectivity index (χ4n) is 3.87. The molecule has 5 heteroatoms. The van der Waals surface area contributed by atoms with Gasteiger partial charge in [0, 0.05) is 32.5 Å². The predicted octanol–water partition coefficient (Wildman–Crippen LogP) is 3.10. The topological polar surface area (TPSA) is 51.0 Å². The van der Waals surface area contributed by atoms with Gasteiger partial charge in [-0.15, -0.1) is 10.2 Å². The molecule has 1 saturated carbocycles. The monoisotopic (exact) mass is 352 g/mol. The molecule has 0 unspecified atom stereocenters. The maximum absolute atomic E-state index is 12.5. The second-order valence-electron chi connectivity index (χ2n) is 7.86. The van der Waals surface area contributed by atoms with Crippen LogP contribution in [0.25, 0.3) is 0 Å². The lowest BCUT2D eigenvalue weighted by Crippen LogP contribution is -2.39. The lowest BCUT2D eigenvalue weighted by atomic mass is 9.93. The summed E-state index contributed by atoms with van der Waals surface area (Å²) in [6.45, 7) is 2.85. The molecule has 1 aromatic heterocycles. The van der Waals surface area contributed by atoms with Gasteiger partial charge in [-0.2, -0.15) is 0 Å². The number of likely N-dealkylation sites (tertiary alicyclic amines) is 1. The number of hydrogen-bond donors (Lipinski definition) is 0. The van der Waals surface area contributed by atoms with E-state index in [1.807, 2.05) is 29.4 Å². The van der Waals surface area contributed by atoms with Crippen molar-refractivity contribution in [2.75, 3.05) is 13.1 Å². The Labute approximate surface area is 155 Å². The number of rotatable bonds is 7. The zero-order valence-corrected chi connectivity index (χ0v) is 15.4. The van der Waals surface area contributed by atoms with Crippen molar-refractivity contribution in [2.45, 2.75) is 51.5 Å². The van der Waals surface area contributed by atoms with Gasteiger partial charge in [-0.25, -0.2) is 0 Å². The van der Waals surface area contributed by atoms with Gasteiger partial charge in [-0.05, 0) is 49.5 Å². The second-order valence-corrected chi connectivity index (χ2v) is 7.86. The molecule has 1 aliphatic carbocycles. The van der Waals surface area contributed by atoms with E-state index in [4.69, 9.17) is 0 Å².